The molecule has 0 spiro atoms. The normalized spacial score (nSPS) is 16.0. The van der Waals surface area contributed by atoms with Crippen molar-refractivity contribution in [2.75, 3.05) is 5.32 Å². The Hall–Kier alpha value is -3.60. The van der Waals surface area contributed by atoms with Gasteiger partial charge >= 0.3 is 0 Å². The summed E-state index contributed by atoms with van der Waals surface area (Å²) in [5.74, 6) is 1.10. The van der Waals surface area contributed by atoms with Gasteiger partial charge in [-0.2, -0.15) is 0 Å². The smallest absolute Gasteiger partial charge is 0.212 e. The number of nitrogens with two attached hydrogens (primary N) is 1. The molecule has 1 atom stereocenters. The van der Waals surface area contributed by atoms with Gasteiger partial charge in [-0.05, 0) is 28.8 Å². The fourth-order valence-corrected chi connectivity index (χ4v) is 3.42. The lowest BCUT2D eigenvalue weighted by molar-refractivity contribution is 0.626. The van der Waals surface area contributed by atoms with Crippen LogP contribution in [0, 0.1) is 0 Å². The second kappa shape index (κ2) is 5.74. The van der Waals surface area contributed by atoms with E-state index in [0.29, 0.717) is 5.96 Å². The van der Waals surface area contributed by atoms with Crippen LogP contribution in [0.5, 0.6) is 0 Å². The molecule has 5 nitrogen and oxygen atoms in total. The SMILES string of the molecule is NC1=N[C@@H](c2ccc(-c3ccccc3)cc2)n2c(nc3ccccc32)N1. The third kappa shape index (κ3) is 2.33. The molecule has 0 bridgehead atoms. The van der Waals surface area contributed by atoms with Gasteiger partial charge in [0.25, 0.3) is 0 Å². The molecular formula is C21H17N5. The summed E-state index contributed by atoms with van der Waals surface area (Å²) in [6, 6.07) is 26.8. The second-order valence-corrected chi connectivity index (χ2v) is 6.30. The molecule has 0 unspecified atom stereocenters. The third-order valence-corrected chi connectivity index (χ3v) is 4.66. The molecule has 4 aromatic rings. The molecule has 2 heterocycles. The maximum absolute atomic E-state index is 6.01. The number of hydrogen-bond acceptors (Lipinski definition) is 4. The maximum Gasteiger partial charge on any atom is 0.212 e. The number of anilines is 1. The van der Waals surface area contributed by atoms with Crippen LogP contribution in [0.15, 0.2) is 83.9 Å². The molecule has 0 saturated carbocycles. The number of fused-ring (bicyclic) bond motifs is 3. The Balaban J connectivity index is 1.61. The van der Waals surface area contributed by atoms with Gasteiger partial charge in [0.05, 0.1) is 11.0 Å². The lowest BCUT2D eigenvalue weighted by Gasteiger charge is -2.24. The Bertz CT molecular complexity index is 1110. The van der Waals surface area contributed by atoms with Gasteiger partial charge in [0.15, 0.2) is 12.1 Å². The van der Waals surface area contributed by atoms with Crippen molar-refractivity contribution in [2.24, 2.45) is 10.7 Å². The number of guanidine groups is 1. The number of nitrogens with one attached hydrogen (secondary N) is 1. The number of hydrogen-bond donors (Lipinski definition) is 2. The van der Waals surface area contributed by atoms with Crippen molar-refractivity contribution in [2.45, 2.75) is 6.17 Å². The van der Waals surface area contributed by atoms with Crippen molar-refractivity contribution in [3.63, 3.8) is 0 Å². The Morgan fingerprint density at radius 2 is 1.50 bits per heavy atom. The first-order valence-corrected chi connectivity index (χ1v) is 8.52. The summed E-state index contributed by atoms with van der Waals surface area (Å²) in [5.41, 5.74) is 11.4. The molecule has 3 N–H and O–H groups in total. The first-order chi connectivity index (χ1) is 12.8. The molecular weight excluding hydrogens is 322 g/mol. The van der Waals surface area contributed by atoms with Crippen LogP contribution in [0.4, 0.5) is 5.95 Å². The van der Waals surface area contributed by atoms with Crippen LogP contribution in [0.25, 0.3) is 22.2 Å². The number of benzene rings is 3. The molecule has 1 aliphatic rings. The molecule has 26 heavy (non-hydrogen) atoms. The van der Waals surface area contributed by atoms with Gasteiger partial charge in [-0.25, -0.2) is 9.98 Å². The predicted molar refractivity (Wildman–Crippen MR) is 105 cm³/mol. The van der Waals surface area contributed by atoms with Crippen LogP contribution in [0.1, 0.15) is 11.7 Å². The van der Waals surface area contributed by atoms with E-state index in [2.05, 4.69) is 62.3 Å². The summed E-state index contributed by atoms with van der Waals surface area (Å²) in [7, 11) is 0. The molecule has 0 fully saturated rings. The van der Waals surface area contributed by atoms with Crippen molar-refractivity contribution in [1.82, 2.24) is 9.55 Å². The summed E-state index contributed by atoms with van der Waals surface area (Å²) in [5, 5.41) is 3.07. The van der Waals surface area contributed by atoms with E-state index in [1.165, 1.54) is 11.1 Å². The Kier molecular flexibility index (Phi) is 3.25. The van der Waals surface area contributed by atoms with Gasteiger partial charge in [-0.3, -0.25) is 9.88 Å². The minimum absolute atomic E-state index is 0.233. The van der Waals surface area contributed by atoms with E-state index in [1.807, 2.05) is 36.4 Å². The van der Waals surface area contributed by atoms with Gasteiger partial charge in [0.1, 0.15) is 0 Å². The predicted octanol–water partition coefficient (Wildman–Crippen LogP) is 3.99. The molecule has 1 aromatic heterocycles. The monoisotopic (exact) mass is 339 g/mol. The first kappa shape index (κ1) is 14.7. The van der Waals surface area contributed by atoms with E-state index >= 15 is 0 Å². The molecule has 3 aromatic carbocycles. The Labute approximate surface area is 150 Å². The average Bonchev–Trinajstić information content (AvgIpc) is 3.06. The van der Waals surface area contributed by atoms with Crippen molar-refractivity contribution in [1.29, 1.82) is 0 Å². The topological polar surface area (TPSA) is 68.2 Å². The molecule has 5 rings (SSSR count). The van der Waals surface area contributed by atoms with E-state index in [9.17, 15) is 0 Å². The number of para-hydroxylation sites is 2. The fourth-order valence-electron chi connectivity index (χ4n) is 3.42. The average molecular weight is 339 g/mol. The van der Waals surface area contributed by atoms with Crippen molar-refractivity contribution in [3.8, 4) is 11.1 Å². The van der Waals surface area contributed by atoms with E-state index < -0.39 is 0 Å². The molecule has 126 valence electrons. The van der Waals surface area contributed by atoms with Crippen molar-refractivity contribution >= 4 is 22.9 Å². The van der Waals surface area contributed by atoms with Crippen LogP contribution in [0.3, 0.4) is 0 Å². The Morgan fingerprint density at radius 1 is 0.808 bits per heavy atom. The highest BCUT2D eigenvalue weighted by Gasteiger charge is 2.24. The van der Waals surface area contributed by atoms with E-state index in [0.717, 1.165) is 22.5 Å². The maximum atomic E-state index is 6.01. The van der Waals surface area contributed by atoms with Gasteiger partial charge in [-0.15, -0.1) is 0 Å². The summed E-state index contributed by atoms with van der Waals surface area (Å²) in [6.45, 7) is 0. The van der Waals surface area contributed by atoms with Crippen molar-refractivity contribution < 1.29 is 0 Å². The van der Waals surface area contributed by atoms with E-state index in [1.54, 1.807) is 0 Å². The van der Waals surface area contributed by atoms with Crippen molar-refractivity contribution in [3.05, 3.63) is 84.4 Å². The van der Waals surface area contributed by atoms with Crippen LogP contribution in [0.2, 0.25) is 0 Å². The molecule has 0 amide bonds. The van der Waals surface area contributed by atoms with Crippen LogP contribution >= 0.6 is 0 Å². The molecule has 0 saturated heterocycles. The lowest BCUT2D eigenvalue weighted by atomic mass is 10.0. The minimum atomic E-state index is -0.233. The molecule has 0 aliphatic carbocycles. The number of rotatable bonds is 2. The highest BCUT2D eigenvalue weighted by atomic mass is 15.4. The molecule has 1 aliphatic heterocycles. The standard InChI is InChI=1S/C21H17N5/c22-20-24-19(26-18-9-5-4-8-17(18)23-21(26)25-20)16-12-10-15(11-13-16)14-6-2-1-3-7-14/h1-13,19H,(H3,22,23,24,25)/t19-/m1/s1. The fraction of sp³-hybridized carbons (Fsp3) is 0.0476. The molecule has 0 radical (unpaired) electrons. The van der Waals surface area contributed by atoms with Gasteiger partial charge in [-0.1, -0.05) is 66.7 Å². The summed E-state index contributed by atoms with van der Waals surface area (Å²) in [4.78, 5) is 9.26. The molecule has 5 heteroatoms. The largest absolute Gasteiger partial charge is 0.370 e. The highest BCUT2D eigenvalue weighted by Crippen LogP contribution is 2.33. The van der Waals surface area contributed by atoms with E-state index in [4.69, 9.17) is 5.73 Å². The van der Waals surface area contributed by atoms with Gasteiger partial charge in [0, 0.05) is 0 Å². The van der Waals surface area contributed by atoms with E-state index in [-0.39, 0.29) is 6.17 Å². The zero-order valence-corrected chi connectivity index (χ0v) is 14.0. The highest BCUT2D eigenvalue weighted by molar-refractivity contribution is 5.94. The number of nitrogens with zero attached hydrogens (tertiary/aromatic N) is 3. The zero-order chi connectivity index (χ0) is 17.5. The lowest BCUT2D eigenvalue weighted by Crippen LogP contribution is -2.31. The number of aromatic nitrogens is 2. The first-order valence-electron chi connectivity index (χ1n) is 8.52. The summed E-state index contributed by atoms with van der Waals surface area (Å²) in [6.07, 6.45) is -0.233. The second-order valence-electron chi connectivity index (χ2n) is 6.30. The van der Waals surface area contributed by atoms with Gasteiger partial charge < -0.3 is 5.73 Å². The van der Waals surface area contributed by atoms with Gasteiger partial charge in [0.2, 0.25) is 5.95 Å². The Morgan fingerprint density at radius 3 is 2.31 bits per heavy atom. The van der Waals surface area contributed by atoms with Crippen LogP contribution in [-0.2, 0) is 0 Å². The summed E-state index contributed by atoms with van der Waals surface area (Å²) >= 11 is 0. The van der Waals surface area contributed by atoms with Crippen LogP contribution < -0.4 is 11.1 Å². The number of imidazole rings is 1. The minimum Gasteiger partial charge on any atom is -0.370 e. The quantitative estimate of drug-likeness (QED) is 0.580. The third-order valence-electron chi connectivity index (χ3n) is 4.66. The summed E-state index contributed by atoms with van der Waals surface area (Å²) < 4.78 is 2.09. The van der Waals surface area contributed by atoms with Crippen LogP contribution in [-0.4, -0.2) is 15.5 Å². The number of aliphatic imine (C=N–C) groups is 1. The zero-order valence-electron chi connectivity index (χ0n) is 14.0.